The lowest BCUT2D eigenvalue weighted by molar-refractivity contribution is -0.130. The molecule has 2 aromatic rings. The maximum absolute atomic E-state index is 14.4. The lowest BCUT2D eigenvalue weighted by Crippen LogP contribution is -2.51. The maximum Gasteiger partial charge on any atom is 0.416 e. The molecule has 0 aromatic heterocycles. The van der Waals surface area contributed by atoms with Gasteiger partial charge in [0.05, 0.1) is 30.4 Å². The third-order valence-corrected chi connectivity index (χ3v) is 19.6. The molecule has 3 fully saturated rings. The van der Waals surface area contributed by atoms with Gasteiger partial charge in [0.2, 0.25) is 5.91 Å². The summed E-state index contributed by atoms with van der Waals surface area (Å²) < 4.78 is 24.1. The molecule has 0 bridgehead atoms. The van der Waals surface area contributed by atoms with Crippen molar-refractivity contribution in [2.45, 2.75) is 148 Å². The van der Waals surface area contributed by atoms with E-state index in [0.717, 1.165) is 12.8 Å². The fraction of sp³-hybridized carbons (Fsp3) is 0.604. The van der Waals surface area contributed by atoms with E-state index in [0.29, 0.717) is 61.4 Å². The standard InChI is InChI=1S/C48H68N4O10Si/c1-11-21-60-46(57)50-20-12-13-37(50)43(54)49-36(22-29(2)3)40(53)23-33-14-16-34(17-15-33)27-61-47(58)52-38-25-42(62-63(30(4)5,31(6)7)32(8)9)41(59-10)24-35(38)44(55)51-28-48(18-19-48)26-39(51)45(52)56/h11,14-17,24-25,29-32,36-37,39,45,56H,1,12-13,18-23,26-28H2,2-10H3,(H,49,54)/t36-,37-,39-,45?/m0/s1. The summed E-state index contributed by atoms with van der Waals surface area (Å²) in [6, 6.07) is 8.33. The molecule has 2 N–H and O–H groups in total. The predicted molar refractivity (Wildman–Crippen MR) is 242 cm³/mol. The predicted octanol–water partition coefficient (Wildman–Crippen LogP) is 8.15. The van der Waals surface area contributed by atoms with Crippen molar-refractivity contribution in [3.8, 4) is 11.5 Å². The number of hydrogen-bond donors (Lipinski definition) is 2. The second-order valence-electron chi connectivity index (χ2n) is 19.3. The molecular weight excluding hydrogens is 821 g/mol. The molecule has 4 amide bonds. The number of rotatable bonds is 17. The molecule has 63 heavy (non-hydrogen) atoms. The molecular formula is C48H68N4O10Si. The van der Waals surface area contributed by atoms with Crippen LogP contribution < -0.4 is 19.4 Å². The Labute approximate surface area is 373 Å². The highest BCUT2D eigenvalue weighted by molar-refractivity contribution is 6.78. The molecule has 2 aromatic carbocycles. The monoisotopic (exact) mass is 888 g/mol. The minimum Gasteiger partial charge on any atom is -0.540 e. The first-order valence-corrected chi connectivity index (χ1v) is 24.8. The number of carbonyl (C=O) groups excluding carboxylic acids is 5. The lowest BCUT2D eigenvalue weighted by Gasteiger charge is -2.42. The number of ketones is 1. The van der Waals surface area contributed by atoms with Gasteiger partial charge in [-0.05, 0) is 83.7 Å². The van der Waals surface area contributed by atoms with Gasteiger partial charge in [0, 0.05) is 25.6 Å². The highest BCUT2D eigenvalue weighted by atomic mass is 28.4. The summed E-state index contributed by atoms with van der Waals surface area (Å²) in [6.45, 7) is 21.4. The molecule has 4 atom stereocenters. The fourth-order valence-electron chi connectivity index (χ4n) is 10.3. The van der Waals surface area contributed by atoms with Crippen molar-refractivity contribution in [2.75, 3.05) is 31.7 Å². The van der Waals surface area contributed by atoms with Gasteiger partial charge in [0.1, 0.15) is 25.0 Å². The van der Waals surface area contributed by atoms with Gasteiger partial charge in [-0.1, -0.05) is 92.3 Å². The number of nitrogens with zero attached hydrogens (tertiary/aromatic N) is 3. The number of fused-ring (bicyclic) bond motifs is 2. The number of Topliss-reactive ketones (excluding diaryl/α,β-unsaturated/α-hetero) is 1. The lowest BCUT2D eigenvalue weighted by atomic mass is 9.95. The number of ether oxygens (including phenoxy) is 3. The van der Waals surface area contributed by atoms with E-state index < -0.39 is 44.9 Å². The van der Waals surface area contributed by atoms with E-state index in [4.69, 9.17) is 18.6 Å². The van der Waals surface area contributed by atoms with Crippen LogP contribution in [0.15, 0.2) is 49.1 Å². The van der Waals surface area contributed by atoms with Crippen LogP contribution in [-0.4, -0.2) is 104 Å². The minimum atomic E-state index is -2.53. The van der Waals surface area contributed by atoms with E-state index in [1.165, 1.54) is 15.9 Å². The van der Waals surface area contributed by atoms with Crippen molar-refractivity contribution in [1.29, 1.82) is 0 Å². The Morgan fingerprint density at radius 2 is 1.59 bits per heavy atom. The Hall–Kier alpha value is -4.89. The molecule has 2 saturated heterocycles. The van der Waals surface area contributed by atoms with Crippen LogP contribution in [0.4, 0.5) is 15.3 Å². The summed E-state index contributed by atoms with van der Waals surface area (Å²) in [5.41, 5.74) is 2.44. The normalized spacial score (nSPS) is 20.8. The number of methoxy groups -OCH3 is 1. The van der Waals surface area contributed by atoms with Crippen LogP contribution in [0.5, 0.6) is 11.5 Å². The zero-order valence-electron chi connectivity index (χ0n) is 38.6. The van der Waals surface area contributed by atoms with E-state index >= 15 is 0 Å². The third-order valence-electron chi connectivity index (χ3n) is 13.6. The van der Waals surface area contributed by atoms with Crippen LogP contribution >= 0.6 is 0 Å². The molecule has 3 heterocycles. The molecule has 3 aliphatic heterocycles. The Kier molecular flexibility index (Phi) is 14.7. The van der Waals surface area contributed by atoms with Gasteiger partial charge >= 0.3 is 12.2 Å². The molecule has 0 radical (unpaired) electrons. The van der Waals surface area contributed by atoms with Gasteiger partial charge in [-0.15, -0.1) is 0 Å². The average molecular weight is 889 g/mol. The Morgan fingerprint density at radius 1 is 0.937 bits per heavy atom. The van der Waals surface area contributed by atoms with E-state index in [9.17, 15) is 29.1 Å². The number of likely N-dealkylation sites (tertiary alicyclic amines) is 1. The third kappa shape index (κ3) is 9.94. The Bertz CT molecular complexity index is 2010. The van der Waals surface area contributed by atoms with E-state index in [1.807, 2.05) is 13.8 Å². The van der Waals surface area contributed by atoms with Crippen LogP contribution in [0, 0.1) is 11.3 Å². The van der Waals surface area contributed by atoms with Crippen molar-refractivity contribution in [3.05, 3.63) is 65.7 Å². The summed E-state index contributed by atoms with van der Waals surface area (Å²) in [5.74, 6) is 0.103. The van der Waals surface area contributed by atoms with Crippen LogP contribution in [0.25, 0.3) is 0 Å². The van der Waals surface area contributed by atoms with Gasteiger partial charge in [-0.25, -0.2) is 14.5 Å². The zero-order chi connectivity index (χ0) is 46.0. The van der Waals surface area contributed by atoms with Crippen LogP contribution in [-0.2, 0) is 32.1 Å². The molecule has 6 rings (SSSR count). The number of hydrogen-bond acceptors (Lipinski definition) is 10. The molecule has 1 spiro atoms. The van der Waals surface area contributed by atoms with Gasteiger partial charge in [0.25, 0.3) is 14.2 Å². The highest BCUT2D eigenvalue weighted by Crippen LogP contribution is 2.57. The number of nitrogens with one attached hydrogen (secondary N) is 1. The number of aliphatic hydroxyl groups excluding tert-OH is 1. The Balaban J connectivity index is 1.19. The first-order valence-electron chi connectivity index (χ1n) is 22.7. The Morgan fingerprint density at radius 3 is 2.17 bits per heavy atom. The largest absolute Gasteiger partial charge is 0.540 e. The minimum absolute atomic E-state index is 0.0432. The second-order valence-corrected chi connectivity index (χ2v) is 24.7. The van der Waals surface area contributed by atoms with Crippen molar-refractivity contribution in [2.24, 2.45) is 11.3 Å². The van der Waals surface area contributed by atoms with E-state index in [-0.39, 0.29) is 76.4 Å². The SMILES string of the molecule is C=CCOC(=O)N1CCC[C@H]1C(=O)N[C@@H](CC(C)C)C(=O)Cc1ccc(COC(=O)N2c3cc(O[Si](C(C)C)(C(C)C)C(C)C)c(OC)cc3C(=O)N3CC4(CC4)C[C@H]3C2O)cc1. The number of benzene rings is 2. The molecule has 344 valence electrons. The van der Waals surface area contributed by atoms with E-state index in [2.05, 4.69) is 53.4 Å². The topological polar surface area (TPSA) is 164 Å². The van der Waals surface area contributed by atoms with Gasteiger partial charge in [0.15, 0.2) is 17.8 Å². The molecule has 1 unspecified atom stereocenters. The molecule has 4 aliphatic rings. The summed E-state index contributed by atoms with van der Waals surface area (Å²) in [6.07, 6.45) is 2.82. The number of carbonyl (C=O) groups is 5. The number of anilines is 1. The van der Waals surface area contributed by atoms with Crippen LogP contribution in [0.2, 0.25) is 16.6 Å². The summed E-state index contributed by atoms with van der Waals surface area (Å²) in [7, 11) is -0.994. The van der Waals surface area contributed by atoms with Crippen molar-refractivity contribution in [3.63, 3.8) is 0 Å². The van der Waals surface area contributed by atoms with Gasteiger partial charge < -0.3 is 34.0 Å². The van der Waals surface area contributed by atoms with Gasteiger partial charge in [-0.2, -0.15) is 0 Å². The number of aliphatic hydroxyl groups is 1. The van der Waals surface area contributed by atoms with Crippen LogP contribution in [0.1, 0.15) is 115 Å². The first-order chi connectivity index (χ1) is 29.9. The van der Waals surface area contributed by atoms with Gasteiger partial charge in [-0.3, -0.25) is 19.3 Å². The van der Waals surface area contributed by atoms with Crippen LogP contribution in [0.3, 0.4) is 0 Å². The summed E-state index contributed by atoms with van der Waals surface area (Å²) >= 11 is 0. The number of amides is 4. The fourth-order valence-corrected chi connectivity index (χ4v) is 15.5. The van der Waals surface area contributed by atoms with Crippen molar-refractivity contribution < 1.29 is 47.7 Å². The molecule has 15 heteroatoms. The van der Waals surface area contributed by atoms with Crippen molar-refractivity contribution in [1.82, 2.24) is 15.1 Å². The zero-order valence-corrected chi connectivity index (χ0v) is 39.6. The average Bonchev–Trinajstić information content (AvgIpc) is 3.63. The summed E-state index contributed by atoms with van der Waals surface area (Å²) in [4.78, 5) is 72.8. The van der Waals surface area contributed by atoms with Crippen molar-refractivity contribution >= 4 is 43.8 Å². The highest BCUT2D eigenvalue weighted by Gasteiger charge is 2.58. The smallest absolute Gasteiger partial charge is 0.416 e. The molecule has 14 nitrogen and oxygen atoms in total. The summed E-state index contributed by atoms with van der Waals surface area (Å²) in [5, 5.41) is 15.0. The molecule has 1 saturated carbocycles. The maximum atomic E-state index is 14.4. The van der Waals surface area contributed by atoms with E-state index in [1.54, 1.807) is 48.4 Å². The quantitative estimate of drug-likeness (QED) is 0.117. The first kappa shape index (κ1) is 47.6. The second kappa shape index (κ2) is 19.5. The molecule has 1 aliphatic carbocycles.